The van der Waals surface area contributed by atoms with Crippen LogP contribution in [0.25, 0.3) is 11.0 Å². The van der Waals surface area contributed by atoms with Gasteiger partial charge < -0.3 is 10.6 Å². The lowest BCUT2D eigenvalue weighted by atomic mass is 9.92. The predicted octanol–water partition coefficient (Wildman–Crippen LogP) is 4.41. The molecule has 0 spiro atoms. The van der Waals surface area contributed by atoms with Gasteiger partial charge in [-0.1, -0.05) is 18.9 Å². The van der Waals surface area contributed by atoms with Crippen LogP contribution in [0.1, 0.15) is 57.1 Å². The Kier molecular flexibility index (Phi) is 5.06. The molecule has 0 radical (unpaired) electrons. The summed E-state index contributed by atoms with van der Waals surface area (Å²) in [5.41, 5.74) is 1.83. The normalized spacial score (nSPS) is 22.1. The highest BCUT2D eigenvalue weighted by Crippen LogP contribution is 2.32. The van der Waals surface area contributed by atoms with Crippen molar-refractivity contribution in [3.63, 3.8) is 0 Å². The number of rotatable bonds is 4. The van der Waals surface area contributed by atoms with E-state index in [4.69, 9.17) is 4.98 Å². The monoisotopic (exact) mass is 468 g/mol. The lowest BCUT2D eigenvalue weighted by Crippen LogP contribution is -2.33. The number of halogens is 1. The molecule has 7 nitrogen and oxygen atoms in total. The number of fused-ring (bicyclic) bond motifs is 1. The second kappa shape index (κ2) is 7.74. The first kappa shape index (κ1) is 19.6. The molecule has 8 heteroatoms. The minimum absolute atomic E-state index is 0.00425. The van der Waals surface area contributed by atoms with Crippen molar-refractivity contribution in [1.29, 1.82) is 0 Å². The summed E-state index contributed by atoms with van der Waals surface area (Å²) >= 11 is 3.41. The molecule has 2 fully saturated rings. The molecule has 3 aromatic rings. The van der Waals surface area contributed by atoms with Crippen molar-refractivity contribution in [1.82, 2.24) is 24.8 Å². The van der Waals surface area contributed by atoms with Gasteiger partial charge in [-0.05, 0) is 72.8 Å². The first-order valence-electron chi connectivity index (χ1n) is 10.6. The van der Waals surface area contributed by atoms with Crippen molar-refractivity contribution in [2.75, 3.05) is 11.9 Å². The van der Waals surface area contributed by atoms with Crippen LogP contribution in [0.4, 0.5) is 11.8 Å². The molecular weight excluding hydrogens is 444 g/mol. The predicted molar refractivity (Wildman–Crippen MR) is 121 cm³/mol. The van der Waals surface area contributed by atoms with E-state index in [-0.39, 0.29) is 17.1 Å². The van der Waals surface area contributed by atoms with Crippen LogP contribution >= 0.6 is 15.9 Å². The standard InChI is InChI=1S/C22H25BrN6O/c1-22(9-4-10-26-22)15-7-8-18(24-13-15)27-21-25-12-14-11-17(23)20(30)29(19(14)28-21)16-5-2-3-6-16/h7-8,11-13,16,26H,2-6,9-10H2,1H3,(H,24,25,27,28)/t22-/m1/s1. The Morgan fingerprint density at radius 3 is 2.73 bits per heavy atom. The summed E-state index contributed by atoms with van der Waals surface area (Å²) in [4.78, 5) is 26.6. The van der Waals surface area contributed by atoms with Crippen molar-refractivity contribution < 1.29 is 0 Å². The number of anilines is 2. The molecule has 1 saturated carbocycles. The molecule has 30 heavy (non-hydrogen) atoms. The van der Waals surface area contributed by atoms with Gasteiger partial charge in [0.25, 0.3) is 5.56 Å². The number of nitrogens with zero attached hydrogens (tertiary/aromatic N) is 4. The zero-order valence-electron chi connectivity index (χ0n) is 17.0. The number of aromatic nitrogens is 4. The minimum Gasteiger partial charge on any atom is -0.309 e. The average Bonchev–Trinajstić information content (AvgIpc) is 3.43. The fourth-order valence-electron chi connectivity index (χ4n) is 4.70. The molecule has 2 N–H and O–H groups in total. The topological polar surface area (TPSA) is 84.7 Å². The number of hydrogen-bond acceptors (Lipinski definition) is 6. The highest BCUT2D eigenvalue weighted by molar-refractivity contribution is 9.10. The molecule has 4 heterocycles. The molecular formula is C22H25BrN6O. The third-order valence-electron chi connectivity index (χ3n) is 6.43. The van der Waals surface area contributed by atoms with Gasteiger partial charge in [-0.2, -0.15) is 4.98 Å². The van der Waals surface area contributed by atoms with E-state index in [1.54, 1.807) is 12.3 Å². The molecule has 1 saturated heterocycles. The van der Waals surface area contributed by atoms with E-state index in [0.29, 0.717) is 21.9 Å². The fourth-order valence-corrected chi connectivity index (χ4v) is 5.14. The molecule has 0 bridgehead atoms. The van der Waals surface area contributed by atoms with Gasteiger partial charge in [-0.3, -0.25) is 9.36 Å². The van der Waals surface area contributed by atoms with Crippen LogP contribution in [0, 0.1) is 0 Å². The molecule has 1 atom stereocenters. The van der Waals surface area contributed by atoms with Crippen LogP contribution in [0.5, 0.6) is 0 Å². The van der Waals surface area contributed by atoms with Crippen molar-refractivity contribution in [3.05, 3.63) is 51.0 Å². The van der Waals surface area contributed by atoms with Gasteiger partial charge >= 0.3 is 0 Å². The summed E-state index contributed by atoms with van der Waals surface area (Å²) < 4.78 is 2.39. The highest BCUT2D eigenvalue weighted by Gasteiger charge is 2.30. The van der Waals surface area contributed by atoms with Crippen molar-refractivity contribution in [2.45, 2.75) is 57.0 Å². The summed E-state index contributed by atoms with van der Waals surface area (Å²) in [6.45, 7) is 3.26. The van der Waals surface area contributed by atoms with E-state index in [0.717, 1.165) is 44.0 Å². The zero-order chi connectivity index (χ0) is 20.7. The van der Waals surface area contributed by atoms with Crippen LogP contribution in [0.3, 0.4) is 0 Å². The number of pyridine rings is 2. The summed E-state index contributed by atoms with van der Waals surface area (Å²) in [7, 11) is 0. The minimum atomic E-state index is -0.0289. The maximum absolute atomic E-state index is 12.8. The third-order valence-corrected chi connectivity index (χ3v) is 7.00. The van der Waals surface area contributed by atoms with Gasteiger partial charge in [0, 0.05) is 29.4 Å². The van der Waals surface area contributed by atoms with Crippen LogP contribution in [-0.4, -0.2) is 26.1 Å². The van der Waals surface area contributed by atoms with Gasteiger partial charge in [0.1, 0.15) is 11.5 Å². The molecule has 3 aromatic heterocycles. The molecule has 0 aromatic carbocycles. The fraction of sp³-hybridized carbons (Fsp3) is 0.455. The van der Waals surface area contributed by atoms with E-state index < -0.39 is 0 Å². The Balaban J connectivity index is 1.47. The second-order valence-electron chi connectivity index (χ2n) is 8.50. The molecule has 1 aliphatic heterocycles. The summed E-state index contributed by atoms with van der Waals surface area (Å²) in [6, 6.07) is 6.05. The van der Waals surface area contributed by atoms with Crippen molar-refractivity contribution in [2.24, 2.45) is 0 Å². The lowest BCUT2D eigenvalue weighted by Gasteiger charge is -2.24. The first-order valence-corrected chi connectivity index (χ1v) is 11.4. The molecule has 0 amide bonds. The van der Waals surface area contributed by atoms with E-state index >= 15 is 0 Å². The Morgan fingerprint density at radius 2 is 2.03 bits per heavy atom. The van der Waals surface area contributed by atoms with Gasteiger partial charge in [0.05, 0.1) is 4.47 Å². The van der Waals surface area contributed by atoms with Gasteiger partial charge in [0.15, 0.2) is 0 Å². The molecule has 2 aliphatic rings. The van der Waals surface area contributed by atoms with Crippen LogP contribution in [0.2, 0.25) is 0 Å². The molecule has 1 aliphatic carbocycles. The summed E-state index contributed by atoms with van der Waals surface area (Å²) in [5, 5.41) is 7.61. The molecule has 0 unspecified atom stereocenters. The Hall–Kier alpha value is -2.32. The van der Waals surface area contributed by atoms with Crippen molar-refractivity contribution in [3.8, 4) is 0 Å². The van der Waals surface area contributed by atoms with E-state index in [1.165, 1.54) is 12.0 Å². The van der Waals surface area contributed by atoms with Gasteiger partial charge in [-0.25, -0.2) is 9.97 Å². The number of hydrogen-bond donors (Lipinski definition) is 2. The van der Waals surface area contributed by atoms with E-state index in [2.05, 4.69) is 49.5 Å². The number of nitrogens with one attached hydrogen (secondary N) is 2. The molecule has 5 rings (SSSR count). The average molecular weight is 469 g/mol. The van der Waals surface area contributed by atoms with Gasteiger partial charge in [-0.15, -0.1) is 0 Å². The summed E-state index contributed by atoms with van der Waals surface area (Å²) in [5.74, 6) is 1.13. The Labute approximate surface area is 183 Å². The SMILES string of the molecule is C[C@]1(c2ccc(Nc3ncc4cc(Br)c(=O)n(C5CCCC5)c4n3)nc2)CCCN1. The maximum Gasteiger partial charge on any atom is 0.266 e. The van der Waals surface area contributed by atoms with Crippen LogP contribution < -0.4 is 16.2 Å². The molecule has 156 valence electrons. The van der Waals surface area contributed by atoms with E-state index in [1.807, 2.05) is 16.8 Å². The quantitative estimate of drug-likeness (QED) is 0.589. The van der Waals surface area contributed by atoms with E-state index in [9.17, 15) is 4.79 Å². The first-order chi connectivity index (χ1) is 14.5. The van der Waals surface area contributed by atoms with Crippen LogP contribution in [-0.2, 0) is 5.54 Å². The lowest BCUT2D eigenvalue weighted by molar-refractivity contribution is 0.433. The zero-order valence-corrected chi connectivity index (χ0v) is 18.6. The third kappa shape index (κ3) is 3.52. The smallest absolute Gasteiger partial charge is 0.266 e. The van der Waals surface area contributed by atoms with Crippen molar-refractivity contribution >= 4 is 38.7 Å². The maximum atomic E-state index is 12.8. The van der Waals surface area contributed by atoms with Crippen LogP contribution in [0.15, 0.2) is 39.9 Å². The Bertz CT molecular complexity index is 1130. The summed E-state index contributed by atoms with van der Waals surface area (Å²) in [6.07, 6.45) is 10.3. The second-order valence-corrected chi connectivity index (χ2v) is 9.35. The Morgan fingerprint density at radius 1 is 1.20 bits per heavy atom. The largest absolute Gasteiger partial charge is 0.309 e. The highest BCUT2D eigenvalue weighted by atomic mass is 79.9. The van der Waals surface area contributed by atoms with Gasteiger partial charge in [0.2, 0.25) is 5.95 Å².